The van der Waals surface area contributed by atoms with Gasteiger partial charge in [0.1, 0.15) is 10.3 Å². The second kappa shape index (κ2) is 3.42. The standard InChI is InChI=1S/C8H13S3/c1-8(2,3)6-5-10-7(9-4)11-6/h5H,1-4H3/q+1. The molecule has 0 aliphatic heterocycles. The van der Waals surface area contributed by atoms with Crippen LogP contribution >= 0.6 is 34.4 Å². The molecule has 0 bridgehead atoms. The van der Waals surface area contributed by atoms with E-state index in [4.69, 9.17) is 0 Å². The molecule has 0 saturated heterocycles. The monoisotopic (exact) mass is 205 g/mol. The third-order valence-corrected chi connectivity index (χ3v) is 5.58. The van der Waals surface area contributed by atoms with E-state index in [0.29, 0.717) is 5.41 Å². The molecule has 0 aromatic carbocycles. The van der Waals surface area contributed by atoms with E-state index in [0.717, 1.165) is 0 Å². The van der Waals surface area contributed by atoms with Gasteiger partial charge in [-0.05, 0) is 6.26 Å². The molecule has 0 fully saturated rings. The van der Waals surface area contributed by atoms with Crippen molar-refractivity contribution in [1.82, 2.24) is 0 Å². The molecule has 0 amide bonds. The van der Waals surface area contributed by atoms with E-state index in [9.17, 15) is 0 Å². The van der Waals surface area contributed by atoms with E-state index in [2.05, 4.69) is 32.4 Å². The van der Waals surface area contributed by atoms with Crippen LogP contribution in [0, 0.1) is 0 Å². The molecule has 0 aliphatic rings. The van der Waals surface area contributed by atoms with Crippen LogP contribution in [0.4, 0.5) is 0 Å². The van der Waals surface area contributed by atoms with E-state index in [1.54, 1.807) is 0 Å². The average molecular weight is 205 g/mol. The van der Waals surface area contributed by atoms with Crippen LogP contribution in [0.2, 0.25) is 0 Å². The van der Waals surface area contributed by atoms with Gasteiger partial charge in [-0.15, -0.1) is 0 Å². The first-order valence-corrected chi connectivity index (χ1v) is 6.42. The number of rotatable bonds is 1. The molecular weight excluding hydrogens is 192 g/mol. The molecule has 1 aromatic heterocycles. The van der Waals surface area contributed by atoms with Crippen molar-refractivity contribution >= 4 is 34.4 Å². The van der Waals surface area contributed by atoms with E-state index in [1.807, 2.05) is 34.4 Å². The number of thioether (sulfide) groups is 1. The van der Waals surface area contributed by atoms with Crippen molar-refractivity contribution in [2.24, 2.45) is 0 Å². The molecule has 0 aliphatic carbocycles. The van der Waals surface area contributed by atoms with Crippen LogP contribution in [0.1, 0.15) is 25.6 Å². The Kier molecular flexibility index (Phi) is 2.95. The summed E-state index contributed by atoms with van der Waals surface area (Å²) in [5, 5.41) is 2.27. The van der Waals surface area contributed by atoms with Crippen molar-refractivity contribution < 1.29 is 0 Å². The van der Waals surface area contributed by atoms with Gasteiger partial charge < -0.3 is 0 Å². The first-order valence-electron chi connectivity index (χ1n) is 3.50. The molecular formula is C8H13S3+. The molecule has 11 heavy (non-hydrogen) atoms. The van der Waals surface area contributed by atoms with Crippen LogP contribution in [0.25, 0.3) is 0 Å². The molecule has 0 saturated carbocycles. The van der Waals surface area contributed by atoms with Crippen molar-refractivity contribution in [2.45, 2.75) is 29.7 Å². The maximum absolute atomic E-state index is 2.27. The van der Waals surface area contributed by atoms with Gasteiger partial charge in [0, 0.05) is 5.41 Å². The van der Waals surface area contributed by atoms with Gasteiger partial charge in [0.05, 0.1) is 22.7 Å². The zero-order chi connectivity index (χ0) is 8.48. The maximum atomic E-state index is 2.27. The van der Waals surface area contributed by atoms with Gasteiger partial charge in [0.2, 0.25) is 0 Å². The summed E-state index contributed by atoms with van der Waals surface area (Å²) in [5.74, 6) is 0. The highest BCUT2D eigenvalue weighted by Crippen LogP contribution is 2.36. The fourth-order valence-corrected chi connectivity index (χ4v) is 3.78. The SMILES string of the molecule is CSc1sc(C(C)(C)C)c[s+]1. The lowest BCUT2D eigenvalue weighted by Gasteiger charge is -2.09. The van der Waals surface area contributed by atoms with Gasteiger partial charge in [0.25, 0.3) is 0 Å². The zero-order valence-electron chi connectivity index (χ0n) is 7.30. The largest absolute Gasteiger partial charge is 0.312 e. The Morgan fingerprint density at radius 2 is 2.09 bits per heavy atom. The van der Waals surface area contributed by atoms with Gasteiger partial charge in [-0.3, -0.25) is 0 Å². The lowest BCUT2D eigenvalue weighted by molar-refractivity contribution is 0.605. The Hall–Kier alpha value is 0.400. The molecule has 0 radical (unpaired) electrons. The zero-order valence-corrected chi connectivity index (χ0v) is 9.75. The predicted molar refractivity (Wildman–Crippen MR) is 57.1 cm³/mol. The molecule has 3 heteroatoms. The second-order valence-electron chi connectivity index (χ2n) is 3.41. The minimum Gasteiger partial charge on any atom is -0.0591 e. The highest BCUT2D eigenvalue weighted by Gasteiger charge is 2.24. The number of hydrogen-bond donors (Lipinski definition) is 0. The molecule has 0 atom stereocenters. The van der Waals surface area contributed by atoms with Crippen molar-refractivity contribution in [3.05, 3.63) is 10.3 Å². The summed E-state index contributed by atoms with van der Waals surface area (Å²) in [6, 6.07) is 0. The minimum absolute atomic E-state index is 0.329. The van der Waals surface area contributed by atoms with Crippen LogP contribution in [0.5, 0.6) is 0 Å². The summed E-state index contributed by atoms with van der Waals surface area (Å²) >= 11 is 5.62. The Balaban J connectivity index is 2.89. The van der Waals surface area contributed by atoms with Gasteiger partial charge >= 0.3 is 3.52 Å². The summed E-state index contributed by atoms with van der Waals surface area (Å²) in [7, 11) is 0. The van der Waals surface area contributed by atoms with Gasteiger partial charge in [-0.2, -0.15) is 0 Å². The van der Waals surface area contributed by atoms with E-state index < -0.39 is 0 Å². The van der Waals surface area contributed by atoms with Gasteiger partial charge in [-0.1, -0.05) is 32.5 Å². The Morgan fingerprint density at radius 3 is 2.36 bits per heavy atom. The Labute approximate surface area is 80.7 Å². The average Bonchev–Trinajstić information content (AvgIpc) is 2.32. The normalized spacial score (nSPS) is 12.0. The summed E-state index contributed by atoms with van der Waals surface area (Å²) in [6.07, 6.45) is 2.13. The molecule has 1 aromatic rings. The summed E-state index contributed by atoms with van der Waals surface area (Å²) in [6.45, 7) is 6.78. The van der Waals surface area contributed by atoms with Crippen molar-refractivity contribution in [3.63, 3.8) is 0 Å². The summed E-state index contributed by atoms with van der Waals surface area (Å²) < 4.78 is 1.45. The number of hydrogen-bond acceptors (Lipinski definition) is 2. The molecule has 62 valence electrons. The molecule has 0 N–H and O–H groups in total. The fourth-order valence-electron chi connectivity index (χ4n) is 0.659. The van der Waals surface area contributed by atoms with Crippen molar-refractivity contribution in [1.29, 1.82) is 0 Å². The minimum atomic E-state index is 0.329. The van der Waals surface area contributed by atoms with Gasteiger partial charge in [0.15, 0.2) is 0 Å². The Morgan fingerprint density at radius 1 is 1.45 bits per heavy atom. The third-order valence-electron chi connectivity index (χ3n) is 1.36. The van der Waals surface area contributed by atoms with Gasteiger partial charge in [-0.25, -0.2) is 0 Å². The second-order valence-corrected chi connectivity index (χ2v) is 6.93. The molecule has 0 spiro atoms. The molecule has 1 heterocycles. The molecule has 0 unspecified atom stereocenters. The maximum Gasteiger partial charge on any atom is 0.312 e. The first kappa shape index (κ1) is 9.49. The summed E-state index contributed by atoms with van der Waals surface area (Å²) in [4.78, 5) is 1.49. The third kappa shape index (κ3) is 2.42. The molecule has 0 nitrogen and oxygen atoms in total. The first-order chi connectivity index (χ1) is 5.04. The highest BCUT2D eigenvalue weighted by atomic mass is 32.2. The summed E-state index contributed by atoms with van der Waals surface area (Å²) in [5.41, 5.74) is 0.329. The Bertz CT molecular complexity index is 232. The van der Waals surface area contributed by atoms with Crippen LogP contribution in [0.15, 0.2) is 8.90 Å². The predicted octanol–water partition coefficient (Wildman–Crippen LogP) is 4.11. The van der Waals surface area contributed by atoms with Crippen LogP contribution in [0.3, 0.4) is 0 Å². The molecule has 1 rings (SSSR count). The van der Waals surface area contributed by atoms with Crippen LogP contribution < -0.4 is 0 Å². The van der Waals surface area contributed by atoms with Crippen molar-refractivity contribution in [2.75, 3.05) is 6.26 Å². The highest BCUT2D eigenvalue weighted by molar-refractivity contribution is 8.02. The fraction of sp³-hybridized carbons (Fsp3) is 0.625. The van der Waals surface area contributed by atoms with E-state index in [-0.39, 0.29) is 0 Å². The quantitative estimate of drug-likeness (QED) is 0.491. The van der Waals surface area contributed by atoms with Crippen LogP contribution in [-0.2, 0) is 5.41 Å². The lowest BCUT2D eigenvalue weighted by Crippen LogP contribution is -2.07. The van der Waals surface area contributed by atoms with Crippen LogP contribution in [-0.4, -0.2) is 6.26 Å². The van der Waals surface area contributed by atoms with E-state index in [1.165, 1.54) is 8.40 Å². The topological polar surface area (TPSA) is 0 Å². The lowest BCUT2D eigenvalue weighted by atomic mass is 9.96. The smallest absolute Gasteiger partial charge is 0.0591 e. The van der Waals surface area contributed by atoms with Crippen molar-refractivity contribution in [3.8, 4) is 0 Å². The van der Waals surface area contributed by atoms with E-state index >= 15 is 0 Å².